The number of hydrogen-bond acceptors (Lipinski definition) is 3. The van der Waals surface area contributed by atoms with Gasteiger partial charge in [0.15, 0.2) is 0 Å². The normalized spacial score (nSPS) is 30.6. The second-order valence-electron chi connectivity index (χ2n) is 2.79. The molecule has 1 aromatic rings. The van der Waals surface area contributed by atoms with Crippen molar-refractivity contribution in [3.8, 4) is 0 Å². The molecule has 10 heavy (non-hydrogen) atoms. The van der Waals surface area contributed by atoms with Crippen molar-refractivity contribution < 1.29 is 0 Å². The van der Waals surface area contributed by atoms with E-state index in [0.717, 1.165) is 11.4 Å². The van der Waals surface area contributed by atoms with E-state index < -0.39 is 0 Å². The maximum atomic E-state index is 5.69. The average Bonchev–Trinajstić information content (AvgIpc) is 2.42. The Morgan fingerprint density at radius 2 is 2.50 bits per heavy atom. The van der Waals surface area contributed by atoms with Crippen LogP contribution in [-0.2, 0) is 0 Å². The summed E-state index contributed by atoms with van der Waals surface area (Å²) in [5.74, 6) is 0.631. The smallest absolute Gasteiger partial charge is 0.0896 e. The molecular weight excluding hydrogens is 144 g/mol. The Labute approximate surface area is 64.1 Å². The number of thiazole rings is 1. The summed E-state index contributed by atoms with van der Waals surface area (Å²) in [5.41, 5.74) is 5.69. The molecule has 1 aliphatic rings. The van der Waals surface area contributed by atoms with Crippen molar-refractivity contribution >= 4 is 11.3 Å². The monoisotopic (exact) mass is 154 g/mol. The van der Waals surface area contributed by atoms with Crippen molar-refractivity contribution in [2.45, 2.75) is 25.3 Å². The highest BCUT2D eigenvalue weighted by Gasteiger charge is 2.36. The minimum Gasteiger partial charge on any atom is -0.327 e. The van der Waals surface area contributed by atoms with E-state index in [2.05, 4.69) is 4.98 Å². The summed E-state index contributed by atoms with van der Waals surface area (Å²) in [5, 5.41) is 1.15. The van der Waals surface area contributed by atoms with Crippen LogP contribution in [0.4, 0.5) is 0 Å². The molecule has 1 fully saturated rings. The summed E-state index contributed by atoms with van der Waals surface area (Å²) in [6.45, 7) is 2.03. The molecule has 2 N–H and O–H groups in total. The first-order valence-electron chi connectivity index (χ1n) is 3.45. The van der Waals surface area contributed by atoms with Crippen molar-refractivity contribution in [3.05, 3.63) is 16.1 Å². The molecule has 3 heteroatoms. The highest BCUT2D eigenvalue weighted by atomic mass is 32.1. The third-order valence-corrected chi connectivity index (χ3v) is 2.89. The SMILES string of the molecule is Cc1ncc([C@H]2C[C@H]2N)s1. The highest BCUT2D eigenvalue weighted by Crippen LogP contribution is 2.41. The first kappa shape index (κ1) is 6.31. The van der Waals surface area contributed by atoms with Crippen molar-refractivity contribution in [3.63, 3.8) is 0 Å². The van der Waals surface area contributed by atoms with Gasteiger partial charge in [-0.1, -0.05) is 0 Å². The topological polar surface area (TPSA) is 38.9 Å². The summed E-state index contributed by atoms with van der Waals surface area (Å²) in [7, 11) is 0. The van der Waals surface area contributed by atoms with Gasteiger partial charge in [-0.2, -0.15) is 0 Å². The van der Waals surface area contributed by atoms with Gasteiger partial charge in [0, 0.05) is 23.0 Å². The van der Waals surface area contributed by atoms with Crippen LogP contribution in [0.15, 0.2) is 6.20 Å². The van der Waals surface area contributed by atoms with Crippen molar-refractivity contribution in [1.82, 2.24) is 4.98 Å². The fourth-order valence-electron chi connectivity index (χ4n) is 1.09. The van der Waals surface area contributed by atoms with Crippen LogP contribution in [0.5, 0.6) is 0 Å². The number of hydrogen-bond donors (Lipinski definition) is 1. The minimum atomic E-state index is 0.417. The van der Waals surface area contributed by atoms with Crippen molar-refractivity contribution in [2.24, 2.45) is 5.73 Å². The maximum absolute atomic E-state index is 5.69. The lowest BCUT2D eigenvalue weighted by Gasteiger charge is -1.85. The molecule has 0 unspecified atom stereocenters. The zero-order chi connectivity index (χ0) is 7.14. The van der Waals surface area contributed by atoms with Crippen LogP contribution in [0.2, 0.25) is 0 Å². The Morgan fingerprint density at radius 1 is 1.80 bits per heavy atom. The minimum absolute atomic E-state index is 0.417. The molecule has 1 aliphatic carbocycles. The summed E-state index contributed by atoms with van der Waals surface area (Å²) in [4.78, 5) is 5.54. The molecule has 1 heterocycles. The van der Waals surface area contributed by atoms with Gasteiger partial charge in [-0.15, -0.1) is 11.3 Å². The fourth-order valence-corrected chi connectivity index (χ4v) is 2.07. The van der Waals surface area contributed by atoms with E-state index in [9.17, 15) is 0 Å². The van der Waals surface area contributed by atoms with Gasteiger partial charge in [0.2, 0.25) is 0 Å². The second kappa shape index (κ2) is 2.04. The van der Waals surface area contributed by atoms with Crippen LogP contribution in [-0.4, -0.2) is 11.0 Å². The lowest BCUT2D eigenvalue weighted by Crippen LogP contribution is -1.99. The van der Waals surface area contributed by atoms with Gasteiger partial charge in [0.05, 0.1) is 5.01 Å². The number of aromatic nitrogens is 1. The highest BCUT2D eigenvalue weighted by molar-refractivity contribution is 7.11. The number of aryl methyl sites for hydroxylation is 1. The Hall–Kier alpha value is -0.410. The molecule has 0 aliphatic heterocycles. The van der Waals surface area contributed by atoms with E-state index in [-0.39, 0.29) is 0 Å². The standard InChI is InChI=1S/C7H10N2S/c1-4-9-3-7(10-4)5-2-6(5)8/h3,5-6H,2,8H2,1H3/t5-,6+/m0/s1. The van der Waals surface area contributed by atoms with Gasteiger partial charge >= 0.3 is 0 Å². The number of rotatable bonds is 1. The van der Waals surface area contributed by atoms with E-state index in [1.165, 1.54) is 4.88 Å². The van der Waals surface area contributed by atoms with E-state index in [0.29, 0.717) is 12.0 Å². The molecule has 1 saturated carbocycles. The van der Waals surface area contributed by atoms with Crippen LogP contribution in [0.1, 0.15) is 22.2 Å². The Balaban J connectivity index is 2.20. The molecule has 2 rings (SSSR count). The largest absolute Gasteiger partial charge is 0.327 e. The molecule has 0 saturated heterocycles. The molecule has 2 nitrogen and oxygen atoms in total. The van der Waals surface area contributed by atoms with Crippen LogP contribution in [0.25, 0.3) is 0 Å². The van der Waals surface area contributed by atoms with E-state index in [4.69, 9.17) is 5.73 Å². The molecule has 0 aromatic carbocycles. The Kier molecular flexibility index (Phi) is 1.28. The van der Waals surface area contributed by atoms with Gasteiger partial charge in [-0.3, -0.25) is 0 Å². The molecule has 1 aromatic heterocycles. The van der Waals surface area contributed by atoms with Crippen LogP contribution in [0, 0.1) is 6.92 Å². The predicted molar refractivity (Wildman–Crippen MR) is 42.2 cm³/mol. The Bertz CT molecular complexity index is 244. The molecule has 0 bridgehead atoms. The molecule has 0 spiro atoms. The van der Waals surface area contributed by atoms with E-state index >= 15 is 0 Å². The lowest BCUT2D eigenvalue weighted by molar-refractivity contribution is 1.00. The Morgan fingerprint density at radius 3 is 2.90 bits per heavy atom. The predicted octanol–water partition coefficient (Wildman–Crippen LogP) is 1.27. The van der Waals surface area contributed by atoms with Crippen molar-refractivity contribution in [1.29, 1.82) is 0 Å². The molecule has 0 radical (unpaired) electrons. The third kappa shape index (κ3) is 0.954. The van der Waals surface area contributed by atoms with Crippen LogP contribution >= 0.6 is 11.3 Å². The van der Waals surface area contributed by atoms with Gasteiger partial charge in [0.1, 0.15) is 0 Å². The summed E-state index contributed by atoms with van der Waals surface area (Å²) in [6.07, 6.45) is 3.11. The maximum Gasteiger partial charge on any atom is 0.0896 e. The van der Waals surface area contributed by atoms with E-state index in [1.807, 2.05) is 13.1 Å². The number of nitrogens with two attached hydrogens (primary N) is 1. The summed E-state index contributed by atoms with van der Waals surface area (Å²) in [6, 6.07) is 0.417. The average molecular weight is 154 g/mol. The van der Waals surface area contributed by atoms with Gasteiger partial charge in [0.25, 0.3) is 0 Å². The number of nitrogens with zero attached hydrogens (tertiary/aromatic N) is 1. The first-order chi connectivity index (χ1) is 4.77. The van der Waals surface area contributed by atoms with Gasteiger partial charge in [-0.05, 0) is 13.3 Å². The lowest BCUT2D eigenvalue weighted by atomic mass is 10.4. The zero-order valence-electron chi connectivity index (χ0n) is 5.87. The summed E-state index contributed by atoms with van der Waals surface area (Å²) >= 11 is 1.77. The second-order valence-corrected chi connectivity index (χ2v) is 4.05. The van der Waals surface area contributed by atoms with E-state index in [1.54, 1.807) is 11.3 Å². The molecule has 2 atom stereocenters. The third-order valence-electron chi connectivity index (χ3n) is 1.84. The van der Waals surface area contributed by atoms with Crippen molar-refractivity contribution in [2.75, 3.05) is 0 Å². The zero-order valence-corrected chi connectivity index (χ0v) is 6.69. The molecule has 54 valence electrons. The summed E-state index contributed by atoms with van der Waals surface area (Å²) < 4.78 is 0. The van der Waals surface area contributed by atoms with Gasteiger partial charge < -0.3 is 5.73 Å². The van der Waals surface area contributed by atoms with Crippen LogP contribution < -0.4 is 5.73 Å². The fraction of sp³-hybridized carbons (Fsp3) is 0.571. The quantitative estimate of drug-likeness (QED) is 0.661. The van der Waals surface area contributed by atoms with Gasteiger partial charge in [-0.25, -0.2) is 4.98 Å². The van der Waals surface area contributed by atoms with Crippen LogP contribution in [0.3, 0.4) is 0 Å². The molecule has 0 amide bonds. The first-order valence-corrected chi connectivity index (χ1v) is 4.27. The molecular formula is C7H10N2S.